The van der Waals surface area contributed by atoms with Gasteiger partial charge < -0.3 is 24.3 Å². The number of rotatable bonds is 10. The summed E-state index contributed by atoms with van der Waals surface area (Å²) in [6.45, 7) is 6.13. The van der Waals surface area contributed by atoms with Crippen molar-refractivity contribution in [3.8, 4) is 0 Å². The second kappa shape index (κ2) is 8.20. The fourth-order valence-electron chi connectivity index (χ4n) is 1.30. The predicted molar refractivity (Wildman–Crippen MR) is 56.7 cm³/mol. The van der Waals surface area contributed by atoms with Crippen LogP contribution in [0.2, 0.25) is 0 Å². The number of aldehydes is 1. The molecule has 0 aromatic rings. The summed E-state index contributed by atoms with van der Waals surface area (Å²) in [5.41, 5.74) is 0. The smallest absolute Gasteiger partial charge is 0.311 e. The molecule has 0 spiro atoms. The number of carbonyl (C=O) groups excluding carboxylic acids is 2. The quantitative estimate of drug-likeness (QED) is 0.427. The molecule has 16 heavy (non-hydrogen) atoms. The lowest BCUT2D eigenvalue weighted by molar-refractivity contribution is -0.382. The minimum atomic E-state index is -1.54. The Balaban J connectivity index is 4.91. The van der Waals surface area contributed by atoms with Crippen LogP contribution in [-0.4, -0.2) is 44.5 Å². The third-order valence-corrected chi connectivity index (χ3v) is 1.80. The molecule has 0 heterocycles. The van der Waals surface area contributed by atoms with E-state index in [9.17, 15) is 9.59 Å². The van der Waals surface area contributed by atoms with E-state index in [0.29, 0.717) is 32.5 Å². The molecule has 0 radical (unpaired) electrons. The van der Waals surface area contributed by atoms with Crippen LogP contribution >= 0.6 is 0 Å². The zero-order valence-electron chi connectivity index (χ0n) is 9.89. The van der Waals surface area contributed by atoms with Gasteiger partial charge in [-0.15, -0.1) is 0 Å². The van der Waals surface area contributed by atoms with Crippen molar-refractivity contribution in [1.82, 2.24) is 5.32 Å². The van der Waals surface area contributed by atoms with Crippen LogP contribution in [-0.2, 0) is 23.8 Å². The average Bonchev–Trinajstić information content (AvgIpc) is 2.26. The van der Waals surface area contributed by atoms with Crippen molar-refractivity contribution in [2.45, 2.75) is 32.8 Å². The zero-order valence-corrected chi connectivity index (χ0v) is 9.89. The highest BCUT2D eigenvalue weighted by Crippen LogP contribution is 2.19. The molecular weight excluding hydrogens is 214 g/mol. The molecule has 1 amide bonds. The first-order valence-corrected chi connectivity index (χ1v) is 5.27. The molecule has 1 atom stereocenters. The van der Waals surface area contributed by atoms with Gasteiger partial charge in [0.25, 0.3) is 0 Å². The van der Waals surface area contributed by atoms with E-state index in [1.807, 2.05) is 0 Å². The van der Waals surface area contributed by atoms with E-state index in [2.05, 4.69) is 5.32 Å². The Labute approximate surface area is 95.2 Å². The van der Waals surface area contributed by atoms with Crippen LogP contribution in [0.3, 0.4) is 0 Å². The number of carbonyl (C=O) groups is 2. The van der Waals surface area contributed by atoms with Gasteiger partial charge in [0.1, 0.15) is 0 Å². The van der Waals surface area contributed by atoms with Gasteiger partial charge in [0.15, 0.2) is 12.3 Å². The van der Waals surface area contributed by atoms with Crippen LogP contribution in [0.5, 0.6) is 0 Å². The Morgan fingerprint density at radius 2 is 1.50 bits per heavy atom. The third-order valence-electron chi connectivity index (χ3n) is 1.80. The highest BCUT2D eigenvalue weighted by Gasteiger charge is 2.42. The van der Waals surface area contributed by atoms with Crippen LogP contribution in [0.25, 0.3) is 0 Å². The molecule has 0 saturated carbocycles. The van der Waals surface area contributed by atoms with Crippen LogP contribution in [0.15, 0.2) is 0 Å². The number of nitrogens with one attached hydrogen (secondary N) is 1. The SMILES string of the molecule is CCOC(OCC)(OCC)C(C=O)NC=O. The van der Waals surface area contributed by atoms with Gasteiger partial charge in [0.2, 0.25) is 6.41 Å². The van der Waals surface area contributed by atoms with Gasteiger partial charge in [-0.25, -0.2) is 0 Å². The topological polar surface area (TPSA) is 73.9 Å². The summed E-state index contributed by atoms with van der Waals surface area (Å²) < 4.78 is 16.0. The van der Waals surface area contributed by atoms with Crippen molar-refractivity contribution in [2.24, 2.45) is 0 Å². The maximum atomic E-state index is 10.9. The standard InChI is InChI=1S/C10H19NO5/c1-4-14-10(15-5-2,16-6-3)9(7-12)11-8-13/h7-9H,4-6H2,1-3H3,(H,11,13). The van der Waals surface area contributed by atoms with E-state index in [1.54, 1.807) is 20.8 Å². The highest BCUT2D eigenvalue weighted by atomic mass is 16.9. The lowest BCUT2D eigenvalue weighted by Gasteiger charge is -2.35. The molecular formula is C10H19NO5. The van der Waals surface area contributed by atoms with Gasteiger partial charge in [0, 0.05) is 19.8 Å². The van der Waals surface area contributed by atoms with E-state index >= 15 is 0 Å². The van der Waals surface area contributed by atoms with Crippen molar-refractivity contribution in [3.05, 3.63) is 0 Å². The lowest BCUT2D eigenvalue weighted by atomic mass is 10.2. The first-order chi connectivity index (χ1) is 7.70. The first kappa shape index (κ1) is 15.0. The van der Waals surface area contributed by atoms with Gasteiger partial charge in [-0.1, -0.05) is 0 Å². The van der Waals surface area contributed by atoms with E-state index in [4.69, 9.17) is 14.2 Å². The van der Waals surface area contributed by atoms with Gasteiger partial charge in [0.05, 0.1) is 0 Å². The Morgan fingerprint density at radius 3 is 1.75 bits per heavy atom. The normalized spacial score (nSPS) is 13.2. The van der Waals surface area contributed by atoms with E-state index in [0.717, 1.165) is 0 Å². The molecule has 0 bridgehead atoms. The molecule has 6 heteroatoms. The largest absolute Gasteiger partial charge is 0.342 e. The van der Waals surface area contributed by atoms with Crippen LogP contribution in [0, 0.1) is 0 Å². The van der Waals surface area contributed by atoms with E-state index in [1.165, 1.54) is 0 Å². The number of ether oxygens (including phenoxy) is 3. The second-order valence-electron chi connectivity index (χ2n) is 2.80. The lowest BCUT2D eigenvalue weighted by Crippen LogP contribution is -2.57. The maximum absolute atomic E-state index is 10.9. The summed E-state index contributed by atoms with van der Waals surface area (Å²) in [6, 6.07) is -0.996. The van der Waals surface area contributed by atoms with Gasteiger partial charge in [-0.2, -0.15) is 0 Å². The molecule has 0 rings (SSSR count). The Kier molecular flexibility index (Phi) is 7.70. The van der Waals surface area contributed by atoms with Crippen molar-refractivity contribution < 1.29 is 23.8 Å². The zero-order chi connectivity index (χ0) is 12.4. The highest BCUT2D eigenvalue weighted by molar-refractivity contribution is 5.64. The molecule has 94 valence electrons. The van der Waals surface area contributed by atoms with Gasteiger partial charge >= 0.3 is 5.97 Å². The number of amides is 1. The summed E-state index contributed by atoms with van der Waals surface area (Å²) in [4.78, 5) is 21.3. The summed E-state index contributed by atoms with van der Waals surface area (Å²) in [7, 11) is 0. The van der Waals surface area contributed by atoms with Gasteiger partial charge in [-0.3, -0.25) is 4.79 Å². The Morgan fingerprint density at radius 1 is 1.06 bits per heavy atom. The predicted octanol–water partition coefficient (Wildman–Crippen LogP) is 0.0632. The fraction of sp³-hybridized carbons (Fsp3) is 0.800. The van der Waals surface area contributed by atoms with Gasteiger partial charge in [-0.05, 0) is 20.8 Å². The third kappa shape index (κ3) is 3.88. The molecule has 0 aliphatic heterocycles. The van der Waals surface area contributed by atoms with Crippen LogP contribution in [0.1, 0.15) is 20.8 Å². The molecule has 6 nitrogen and oxygen atoms in total. The minimum Gasteiger partial charge on any atom is -0.342 e. The second-order valence-corrected chi connectivity index (χ2v) is 2.80. The average molecular weight is 233 g/mol. The minimum absolute atomic E-state index is 0.297. The van der Waals surface area contributed by atoms with Crippen molar-refractivity contribution in [3.63, 3.8) is 0 Å². The molecule has 0 aliphatic carbocycles. The molecule has 0 saturated heterocycles. The molecule has 0 fully saturated rings. The molecule has 1 N–H and O–H groups in total. The Bertz CT molecular complexity index is 192. The molecule has 0 aromatic carbocycles. The molecule has 1 unspecified atom stereocenters. The first-order valence-electron chi connectivity index (χ1n) is 5.27. The van der Waals surface area contributed by atoms with E-state index in [-0.39, 0.29) is 0 Å². The number of hydrogen-bond acceptors (Lipinski definition) is 5. The summed E-state index contributed by atoms with van der Waals surface area (Å²) >= 11 is 0. The Hall–Kier alpha value is -0.980. The molecule has 0 aliphatic rings. The van der Waals surface area contributed by atoms with Crippen molar-refractivity contribution in [2.75, 3.05) is 19.8 Å². The maximum Gasteiger partial charge on any atom is 0.311 e. The van der Waals surface area contributed by atoms with Crippen LogP contribution in [0.4, 0.5) is 0 Å². The summed E-state index contributed by atoms with van der Waals surface area (Å²) in [6.07, 6.45) is 0.931. The summed E-state index contributed by atoms with van der Waals surface area (Å²) in [5, 5.41) is 2.30. The van der Waals surface area contributed by atoms with Crippen molar-refractivity contribution >= 4 is 12.7 Å². The van der Waals surface area contributed by atoms with Crippen LogP contribution < -0.4 is 5.32 Å². The number of hydrogen-bond donors (Lipinski definition) is 1. The summed E-state index contributed by atoms with van der Waals surface area (Å²) in [5.74, 6) is -1.54. The molecule has 0 aromatic heterocycles. The van der Waals surface area contributed by atoms with Crippen molar-refractivity contribution in [1.29, 1.82) is 0 Å². The van der Waals surface area contributed by atoms with E-state index < -0.39 is 12.0 Å². The fourth-order valence-corrected chi connectivity index (χ4v) is 1.30. The monoisotopic (exact) mass is 233 g/mol.